The van der Waals surface area contributed by atoms with Crippen molar-refractivity contribution in [1.82, 2.24) is 4.98 Å². The van der Waals surface area contributed by atoms with Gasteiger partial charge < -0.3 is 0 Å². The average Bonchev–Trinajstić information content (AvgIpc) is 2.94. The van der Waals surface area contributed by atoms with Gasteiger partial charge in [-0.3, -0.25) is 10.1 Å². The van der Waals surface area contributed by atoms with Gasteiger partial charge in [0.2, 0.25) is 0 Å². The summed E-state index contributed by atoms with van der Waals surface area (Å²) in [6.07, 6.45) is 2.41. The lowest BCUT2D eigenvalue weighted by Crippen LogP contribution is -2.12. The molecule has 0 atom stereocenters. The number of aromatic nitrogens is 1. The molecule has 2 aromatic carbocycles. The Balaban J connectivity index is 1.70. The highest BCUT2D eigenvalue weighted by Crippen LogP contribution is 2.24. The number of amides is 1. The molecule has 3 aromatic rings. The molecule has 122 valence electrons. The van der Waals surface area contributed by atoms with Gasteiger partial charge in [0.25, 0.3) is 5.91 Å². The molecule has 0 saturated heterocycles. The fourth-order valence-electron chi connectivity index (χ4n) is 2.13. The maximum absolute atomic E-state index is 13.1. The Labute approximate surface area is 155 Å². The summed E-state index contributed by atoms with van der Waals surface area (Å²) in [4.78, 5) is 17.5. The van der Waals surface area contributed by atoms with E-state index in [-0.39, 0.29) is 5.91 Å². The van der Waals surface area contributed by atoms with E-state index in [1.54, 1.807) is 6.20 Å². The largest absolute Gasteiger partial charge is 0.298 e. The highest BCUT2D eigenvalue weighted by Gasteiger charge is 2.13. The fraction of sp³-hybridized carbons (Fsp3) is 0.0588. The van der Waals surface area contributed by atoms with E-state index in [1.165, 1.54) is 29.5 Å². The smallest absolute Gasteiger partial charge is 0.258 e. The van der Waals surface area contributed by atoms with E-state index >= 15 is 0 Å². The molecule has 1 heterocycles. The Morgan fingerprint density at radius 1 is 1.29 bits per heavy atom. The van der Waals surface area contributed by atoms with E-state index < -0.39 is 5.82 Å². The first kappa shape index (κ1) is 17.1. The van der Waals surface area contributed by atoms with Crippen LogP contribution in [0.4, 0.5) is 9.52 Å². The van der Waals surface area contributed by atoms with Crippen LogP contribution in [0.15, 0.2) is 53.1 Å². The van der Waals surface area contributed by atoms with Crippen LogP contribution in [-0.4, -0.2) is 10.9 Å². The fourth-order valence-corrected chi connectivity index (χ4v) is 3.72. The molecule has 0 aliphatic rings. The summed E-state index contributed by atoms with van der Waals surface area (Å²) in [7, 11) is 0. The molecule has 1 N–H and O–H groups in total. The highest BCUT2D eigenvalue weighted by atomic mass is 79.9. The number of hydrogen-bond acceptors (Lipinski definition) is 3. The molecule has 0 radical (unpaired) electrons. The third kappa shape index (κ3) is 4.20. The van der Waals surface area contributed by atoms with E-state index in [9.17, 15) is 9.18 Å². The van der Waals surface area contributed by atoms with Crippen LogP contribution in [-0.2, 0) is 6.42 Å². The molecule has 3 nitrogen and oxygen atoms in total. The molecular formula is C17H11BrClFN2OS. The lowest BCUT2D eigenvalue weighted by Gasteiger charge is -2.04. The van der Waals surface area contributed by atoms with Crippen molar-refractivity contribution in [3.05, 3.63) is 80.0 Å². The molecule has 1 amide bonds. The monoisotopic (exact) mass is 424 g/mol. The second-order valence-corrected chi connectivity index (χ2v) is 7.42. The van der Waals surface area contributed by atoms with Crippen LogP contribution in [0.2, 0.25) is 5.02 Å². The average molecular weight is 426 g/mol. The zero-order valence-corrected chi connectivity index (χ0v) is 15.4. The van der Waals surface area contributed by atoms with Gasteiger partial charge >= 0.3 is 0 Å². The van der Waals surface area contributed by atoms with E-state index in [2.05, 4.69) is 26.2 Å². The number of thiazole rings is 1. The van der Waals surface area contributed by atoms with Crippen molar-refractivity contribution in [2.24, 2.45) is 0 Å². The minimum atomic E-state index is -0.406. The number of benzene rings is 2. The Kier molecular flexibility index (Phi) is 5.28. The van der Waals surface area contributed by atoms with Gasteiger partial charge in [-0.1, -0.05) is 23.7 Å². The van der Waals surface area contributed by atoms with Crippen LogP contribution < -0.4 is 5.32 Å². The van der Waals surface area contributed by atoms with Gasteiger partial charge in [0.1, 0.15) is 5.82 Å². The van der Waals surface area contributed by atoms with Crippen molar-refractivity contribution in [3.63, 3.8) is 0 Å². The Morgan fingerprint density at radius 2 is 2.12 bits per heavy atom. The maximum atomic E-state index is 13.1. The zero-order valence-electron chi connectivity index (χ0n) is 12.2. The molecule has 0 unspecified atom stereocenters. The molecular weight excluding hydrogens is 415 g/mol. The number of halogens is 3. The van der Waals surface area contributed by atoms with Crippen molar-refractivity contribution >= 4 is 49.9 Å². The topological polar surface area (TPSA) is 42.0 Å². The van der Waals surface area contributed by atoms with E-state index in [0.717, 1.165) is 10.4 Å². The summed E-state index contributed by atoms with van der Waals surface area (Å²) >= 11 is 10.6. The summed E-state index contributed by atoms with van der Waals surface area (Å²) < 4.78 is 13.5. The minimum Gasteiger partial charge on any atom is -0.298 e. The first-order chi connectivity index (χ1) is 11.5. The number of rotatable bonds is 4. The lowest BCUT2D eigenvalue weighted by molar-refractivity contribution is 0.102. The molecule has 0 saturated carbocycles. The standard InChI is InChI=1S/C17H11BrClFN2OS/c18-15-8-12(20)4-5-14(15)16(23)22-17-21-9-13(24-17)7-10-2-1-3-11(19)6-10/h1-6,8-9H,7H2,(H,21,22,23). The number of nitrogens with zero attached hydrogens (tertiary/aromatic N) is 1. The number of nitrogens with one attached hydrogen (secondary N) is 1. The van der Waals surface area contributed by atoms with Gasteiger partial charge in [0.15, 0.2) is 5.13 Å². The molecule has 0 fully saturated rings. The number of carbonyl (C=O) groups excluding carboxylic acids is 1. The lowest BCUT2D eigenvalue weighted by atomic mass is 10.1. The molecule has 7 heteroatoms. The van der Waals surface area contributed by atoms with Crippen LogP contribution in [0.1, 0.15) is 20.8 Å². The first-order valence-electron chi connectivity index (χ1n) is 6.97. The van der Waals surface area contributed by atoms with Gasteiger partial charge in [-0.2, -0.15) is 0 Å². The van der Waals surface area contributed by atoms with E-state index in [4.69, 9.17) is 11.6 Å². The van der Waals surface area contributed by atoms with Crippen molar-refractivity contribution in [2.75, 3.05) is 5.32 Å². The zero-order chi connectivity index (χ0) is 17.1. The van der Waals surface area contributed by atoms with Crippen molar-refractivity contribution in [1.29, 1.82) is 0 Å². The van der Waals surface area contributed by atoms with Crippen LogP contribution >= 0.6 is 38.9 Å². The summed E-state index contributed by atoms with van der Waals surface area (Å²) in [6, 6.07) is 11.5. The summed E-state index contributed by atoms with van der Waals surface area (Å²) in [5, 5.41) is 3.91. The third-order valence-corrected chi connectivity index (χ3v) is 5.02. The number of anilines is 1. The predicted octanol–water partition coefficient (Wildman–Crippen LogP) is 5.54. The summed E-state index contributed by atoms with van der Waals surface area (Å²) in [5.74, 6) is -0.748. The maximum Gasteiger partial charge on any atom is 0.258 e. The minimum absolute atomic E-state index is 0.342. The summed E-state index contributed by atoms with van der Waals surface area (Å²) in [5.41, 5.74) is 1.42. The SMILES string of the molecule is O=C(Nc1ncc(Cc2cccc(Cl)c2)s1)c1ccc(F)cc1Br. The van der Waals surface area contributed by atoms with Gasteiger partial charge in [-0.15, -0.1) is 11.3 Å². The first-order valence-corrected chi connectivity index (χ1v) is 8.95. The Hall–Kier alpha value is -1.76. The van der Waals surface area contributed by atoms with E-state index in [0.29, 0.717) is 26.6 Å². The van der Waals surface area contributed by atoms with Crippen LogP contribution in [0.3, 0.4) is 0 Å². The normalized spacial score (nSPS) is 10.6. The van der Waals surface area contributed by atoms with Gasteiger partial charge in [-0.25, -0.2) is 9.37 Å². The number of carbonyl (C=O) groups is 1. The molecule has 24 heavy (non-hydrogen) atoms. The summed E-state index contributed by atoms with van der Waals surface area (Å²) in [6.45, 7) is 0. The van der Waals surface area contributed by atoms with Crippen LogP contribution in [0.5, 0.6) is 0 Å². The molecule has 1 aromatic heterocycles. The molecule has 0 spiro atoms. The van der Waals surface area contributed by atoms with Gasteiger partial charge in [0, 0.05) is 27.0 Å². The number of hydrogen-bond donors (Lipinski definition) is 1. The van der Waals surface area contributed by atoms with Crippen LogP contribution in [0.25, 0.3) is 0 Å². The molecule has 0 aliphatic carbocycles. The molecule has 0 bridgehead atoms. The molecule has 0 aliphatic heterocycles. The Bertz CT molecular complexity index is 900. The van der Waals surface area contributed by atoms with Crippen molar-refractivity contribution in [2.45, 2.75) is 6.42 Å². The van der Waals surface area contributed by atoms with Gasteiger partial charge in [-0.05, 0) is 51.8 Å². The predicted molar refractivity (Wildman–Crippen MR) is 98.4 cm³/mol. The van der Waals surface area contributed by atoms with Crippen molar-refractivity contribution < 1.29 is 9.18 Å². The quantitative estimate of drug-likeness (QED) is 0.596. The Morgan fingerprint density at radius 3 is 2.88 bits per heavy atom. The second kappa shape index (κ2) is 7.42. The molecule has 3 rings (SSSR count). The van der Waals surface area contributed by atoms with Crippen molar-refractivity contribution in [3.8, 4) is 0 Å². The second-order valence-electron chi connectivity index (χ2n) is 5.02. The third-order valence-electron chi connectivity index (χ3n) is 3.22. The van der Waals surface area contributed by atoms with E-state index in [1.807, 2.05) is 24.3 Å². The van der Waals surface area contributed by atoms with Gasteiger partial charge in [0.05, 0.1) is 5.56 Å². The van der Waals surface area contributed by atoms with Crippen LogP contribution in [0, 0.1) is 5.82 Å². The highest BCUT2D eigenvalue weighted by molar-refractivity contribution is 9.10.